The minimum Gasteiger partial charge on any atom is -0.381 e. The smallest absolute Gasteiger partial charge is 0.0469 e. The maximum absolute atomic E-state index is 6.23. The Bertz CT molecular complexity index is 336. The van der Waals surface area contributed by atoms with E-state index in [0.717, 1.165) is 32.2 Å². The van der Waals surface area contributed by atoms with Gasteiger partial charge in [0.25, 0.3) is 0 Å². The summed E-state index contributed by atoms with van der Waals surface area (Å²) in [6.45, 7) is 3.89. The van der Waals surface area contributed by atoms with E-state index in [-0.39, 0.29) is 6.04 Å². The topological polar surface area (TPSA) is 38.5 Å². The van der Waals surface area contributed by atoms with Crippen LogP contribution in [0.25, 0.3) is 0 Å². The highest BCUT2D eigenvalue weighted by atomic mass is 16.5. The fraction of sp³-hybridized carbons (Fsp3) is 0.600. The van der Waals surface area contributed by atoms with Crippen molar-refractivity contribution in [3.63, 3.8) is 0 Å². The molecule has 0 aliphatic carbocycles. The number of rotatable bonds is 5. The van der Waals surface area contributed by atoms with Gasteiger partial charge in [-0.3, -0.25) is 0 Å². The highest BCUT2D eigenvalue weighted by Crippen LogP contribution is 2.17. The molecule has 1 unspecified atom stereocenters. The van der Waals surface area contributed by atoms with Crippen molar-refractivity contribution in [1.29, 1.82) is 0 Å². The summed E-state index contributed by atoms with van der Waals surface area (Å²) in [5.74, 6) is 0.770. The van der Waals surface area contributed by atoms with Crippen molar-refractivity contribution >= 4 is 0 Å². The van der Waals surface area contributed by atoms with Crippen molar-refractivity contribution in [2.75, 3.05) is 33.4 Å². The molecule has 1 aliphatic heterocycles. The summed E-state index contributed by atoms with van der Waals surface area (Å²) in [6, 6.07) is 10.4. The van der Waals surface area contributed by atoms with E-state index in [4.69, 9.17) is 10.5 Å². The fourth-order valence-electron chi connectivity index (χ4n) is 2.59. The Labute approximate surface area is 110 Å². The highest BCUT2D eigenvalue weighted by molar-refractivity contribution is 5.18. The molecule has 2 N–H and O–H groups in total. The van der Waals surface area contributed by atoms with E-state index >= 15 is 0 Å². The van der Waals surface area contributed by atoms with Crippen molar-refractivity contribution < 1.29 is 4.74 Å². The van der Waals surface area contributed by atoms with Gasteiger partial charge in [0.15, 0.2) is 0 Å². The normalized spacial score (nSPS) is 19.1. The van der Waals surface area contributed by atoms with Gasteiger partial charge in [0.05, 0.1) is 0 Å². The van der Waals surface area contributed by atoms with Crippen LogP contribution in [0, 0.1) is 5.92 Å². The summed E-state index contributed by atoms with van der Waals surface area (Å²) >= 11 is 0. The molecule has 1 aromatic carbocycles. The zero-order valence-electron chi connectivity index (χ0n) is 11.2. The molecule has 1 saturated heterocycles. The molecule has 1 aromatic rings. The van der Waals surface area contributed by atoms with Gasteiger partial charge in [-0.15, -0.1) is 0 Å². The lowest BCUT2D eigenvalue weighted by Gasteiger charge is -2.28. The second kappa shape index (κ2) is 6.88. The molecule has 0 amide bonds. The molecule has 18 heavy (non-hydrogen) atoms. The predicted molar refractivity (Wildman–Crippen MR) is 74.4 cm³/mol. The number of ether oxygens (including phenoxy) is 1. The molecule has 0 spiro atoms. The largest absolute Gasteiger partial charge is 0.381 e. The van der Waals surface area contributed by atoms with Crippen LogP contribution < -0.4 is 5.73 Å². The zero-order chi connectivity index (χ0) is 12.8. The summed E-state index contributed by atoms with van der Waals surface area (Å²) in [7, 11) is 2.16. The molecule has 0 bridgehead atoms. The van der Waals surface area contributed by atoms with E-state index in [1.54, 1.807) is 0 Å². The van der Waals surface area contributed by atoms with Gasteiger partial charge in [-0.05, 0) is 31.4 Å². The zero-order valence-corrected chi connectivity index (χ0v) is 11.2. The Balaban J connectivity index is 1.78. The van der Waals surface area contributed by atoms with Gasteiger partial charge in [0.1, 0.15) is 0 Å². The highest BCUT2D eigenvalue weighted by Gasteiger charge is 2.17. The molecule has 1 aliphatic rings. The van der Waals surface area contributed by atoms with Gasteiger partial charge < -0.3 is 15.4 Å². The van der Waals surface area contributed by atoms with Crippen LogP contribution in [0.1, 0.15) is 24.4 Å². The number of hydrogen-bond donors (Lipinski definition) is 1. The summed E-state index contributed by atoms with van der Waals surface area (Å²) in [5, 5.41) is 0. The first-order chi connectivity index (χ1) is 8.75. The first kappa shape index (κ1) is 13.5. The van der Waals surface area contributed by atoms with Crippen LogP contribution in [-0.2, 0) is 4.74 Å². The van der Waals surface area contributed by atoms with E-state index < -0.39 is 0 Å². The SMILES string of the molecule is CN(CC1CCOCC1)CC(N)c1ccccc1. The van der Waals surface area contributed by atoms with Crippen molar-refractivity contribution in [2.45, 2.75) is 18.9 Å². The number of benzene rings is 1. The summed E-state index contributed by atoms with van der Waals surface area (Å²) in [5.41, 5.74) is 7.45. The Morgan fingerprint density at radius 2 is 1.94 bits per heavy atom. The van der Waals surface area contributed by atoms with Crippen LogP contribution in [0.5, 0.6) is 0 Å². The Hall–Kier alpha value is -0.900. The quantitative estimate of drug-likeness (QED) is 0.866. The van der Waals surface area contributed by atoms with Crippen molar-refractivity contribution in [1.82, 2.24) is 4.90 Å². The van der Waals surface area contributed by atoms with E-state index in [1.807, 2.05) is 18.2 Å². The standard InChI is InChI=1S/C15H24N2O/c1-17(11-13-7-9-18-10-8-13)12-15(16)14-5-3-2-4-6-14/h2-6,13,15H,7-12,16H2,1H3. The molecule has 2 rings (SSSR count). The average molecular weight is 248 g/mol. The van der Waals surface area contributed by atoms with Crippen LogP contribution in [-0.4, -0.2) is 38.3 Å². The molecular formula is C15H24N2O. The summed E-state index contributed by atoms with van der Waals surface area (Å²) in [4.78, 5) is 2.35. The van der Waals surface area contributed by atoms with Crippen molar-refractivity contribution in [3.05, 3.63) is 35.9 Å². The van der Waals surface area contributed by atoms with Gasteiger partial charge in [0, 0.05) is 32.3 Å². The van der Waals surface area contributed by atoms with Crippen LogP contribution >= 0.6 is 0 Å². The minimum atomic E-state index is 0.107. The number of nitrogens with zero attached hydrogens (tertiary/aromatic N) is 1. The van der Waals surface area contributed by atoms with Crippen LogP contribution in [0.2, 0.25) is 0 Å². The molecule has 100 valence electrons. The van der Waals surface area contributed by atoms with E-state index in [9.17, 15) is 0 Å². The molecule has 0 saturated carbocycles. The average Bonchev–Trinajstić information content (AvgIpc) is 2.40. The summed E-state index contributed by atoms with van der Waals surface area (Å²) in [6.07, 6.45) is 2.37. The van der Waals surface area contributed by atoms with Crippen LogP contribution in [0.4, 0.5) is 0 Å². The second-order valence-corrected chi connectivity index (χ2v) is 5.29. The predicted octanol–water partition coefficient (Wildman–Crippen LogP) is 2.04. The third-order valence-corrected chi connectivity index (χ3v) is 3.65. The molecule has 0 aromatic heterocycles. The third-order valence-electron chi connectivity index (χ3n) is 3.65. The first-order valence-electron chi connectivity index (χ1n) is 6.82. The van der Waals surface area contributed by atoms with Gasteiger partial charge in [-0.1, -0.05) is 30.3 Å². The first-order valence-corrected chi connectivity index (χ1v) is 6.82. The van der Waals surface area contributed by atoms with Gasteiger partial charge >= 0.3 is 0 Å². The number of nitrogens with two attached hydrogens (primary N) is 1. The molecule has 0 radical (unpaired) electrons. The third kappa shape index (κ3) is 4.09. The number of likely N-dealkylation sites (N-methyl/N-ethyl adjacent to an activating group) is 1. The molecule has 3 heteroatoms. The van der Waals surface area contributed by atoms with E-state index in [2.05, 4.69) is 24.1 Å². The maximum atomic E-state index is 6.23. The Morgan fingerprint density at radius 1 is 1.28 bits per heavy atom. The van der Waals surface area contributed by atoms with Gasteiger partial charge in [-0.25, -0.2) is 0 Å². The number of hydrogen-bond acceptors (Lipinski definition) is 3. The lowest BCUT2D eigenvalue weighted by Crippen LogP contribution is -2.34. The second-order valence-electron chi connectivity index (χ2n) is 5.29. The van der Waals surface area contributed by atoms with Crippen molar-refractivity contribution in [3.8, 4) is 0 Å². The van der Waals surface area contributed by atoms with E-state index in [0.29, 0.717) is 0 Å². The lowest BCUT2D eigenvalue weighted by molar-refractivity contribution is 0.0551. The van der Waals surface area contributed by atoms with Crippen LogP contribution in [0.3, 0.4) is 0 Å². The lowest BCUT2D eigenvalue weighted by atomic mass is 9.99. The van der Waals surface area contributed by atoms with Gasteiger partial charge in [0.2, 0.25) is 0 Å². The molecule has 3 nitrogen and oxygen atoms in total. The Morgan fingerprint density at radius 3 is 2.61 bits per heavy atom. The Kier molecular flexibility index (Phi) is 5.17. The van der Waals surface area contributed by atoms with Gasteiger partial charge in [-0.2, -0.15) is 0 Å². The minimum absolute atomic E-state index is 0.107. The monoisotopic (exact) mass is 248 g/mol. The molecule has 1 atom stereocenters. The summed E-state index contributed by atoms with van der Waals surface area (Å²) < 4.78 is 5.39. The van der Waals surface area contributed by atoms with Crippen molar-refractivity contribution in [2.24, 2.45) is 11.7 Å². The van der Waals surface area contributed by atoms with Crippen LogP contribution in [0.15, 0.2) is 30.3 Å². The maximum Gasteiger partial charge on any atom is 0.0469 e. The molecule has 1 heterocycles. The van der Waals surface area contributed by atoms with E-state index in [1.165, 1.54) is 18.4 Å². The molecule has 1 fully saturated rings. The molecular weight excluding hydrogens is 224 g/mol. The fourth-order valence-corrected chi connectivity index (χ4v) is 2.59.